The van der Waals surface area contributed by atoms with Gasteiger partial charge in [0.1, 0.15) is 5.75 Å². The normalized spacial score (nSPS) is 14.3. The molecule has 5 heteroatoms. The lowest BCUT2D eigenvalue weighted by atomic mass is 9.86. The number of carbonyl (C=O) groups is 2. The summed E-state index contributed by atoms with van der Waals surface area (Å²) < 4.78 is 5.77. The van der Waals surface area contributed by atoms with E-state index in [2.05, 4.69) is 26.1 Å². The number of nitrogens with one attached hydrogen (secondary N) is 1. The van der Waals surface area contributed by atoms with Gasteiger partial charge in [-0.15, -0.1) is 0 Å². The molecule has 0 saturated carbocycles. The summed E-state index contributed by atoms with van der Waals surface area (Å²) in [5, 5.41) is 2.88. The lowest BCUT2D eigenvalue weighted by molar-refractivity contribution is -0.123. The van der Waals surface area contributed by atoms with Gasteiger partial charge in [0.05, 0.1) is 0 Å². The lowest BCUT2D eigenvalue weighted by Gasteiger charge is -2.26. The van der Waals surface area contributed by atoms with Crippen LogP contribution >= 0.6 is 0 Å². The maximum Gasteiger partial charge on any atom is 0.258 e. The zero-order valence-electron chi connectivity index (χ0n) is 18.2. The molecule has 0 aromatic heterocycles. The molecule has 1 N–H and O–H groups in total. The maximum atomic E-state index is 12.5. The molecule has 1 saturated heterocycles. The summed E-state index contributed by atoms with van der Waals surface area (Å²) in [4.78, 5) is 26.7. The van der Waals surface area contributed by atoms with Crippen LogP contribution in [0.5, 0.6) is 5.75 Å². The molecule has 5 nitrogen and oxygen atoms in total. The lowest BCUT2D eigenvalue weighted by Crippen LogP contribution is -2.35. The van der Waals surface area contributed by atoms with E-state index in [1.165, 1.54) is 6.42 Å². The van der Waals surface area contributed by atoms with Crippen molar-refractivity contribution in [3.8, 4) is 5.75 Å². The van der Waals surface area contributed by atoms with Gasteiger partial charge in [0, 0.05) is 25.2 Å². The standard InChI is InChI=1S/C25H32N2O3/c1-25(2,3)21-9-5-6-10-22(21)30-18-23(28)26-17-19-11-13-20(14-12-19)24(29)27-15-7-4-8-16-27/h5-6,9-14H,4,7-8,15-18H2,1-3H3,(H,26,28). The summed E-state index contributed by atoms with van der Waals surface area (Å²) in [6.45, 7) is 8.42. The molecule has 3 rings (SSSR count). The van der Waals surface area contributed by atoms with E-state index < -0.39 is 0 Å². The van der Waals surface area contributed by atoms with Crippen molar-refractivity contribution < 1.29 is 14.3 Å². The molecular formula is C25H32N2O3. The number of likely N-dealkylation sites (tertiary alicyclic amines) is 1. The number of hydrogen-bond donors (Lipinski definition) is 1. The second-order valence-electron chi connectivity index (χ2n) is 8.86. The van der Waals surface area contributed by atoms with Crippen molar-refractivity contribution >= 4 is 11.8 Å². The minimum atomic E-state index is -0.174. The molecule has 1 heterocycles. The molecule has 2 amide bonds. The van der Waals surface area contributed by atoms with Crippen molar-refractivity contribution in [1.29, 1.82) is 0 Å². The fourth-order valence-electron chi connectivity index (χ4n) is 3.65. The Morgan fingerprint density at radius 1 is 0.967 bits per heavy atom. The van der Waals surface area contributed by atoms with Crippen LogP contribution < -0.4 is 10.1 Å². The summed E-state index contributed by atoms with van der Waals surface area (Å²) in [6.07, 6.45) is 3.37. The van der Waals surface area contributed by atoms with Gasteiger partial charge in [-0.1, -0.05) is 51.1 Å². The number of benzene rings is 2. The number of rotatable bonds is 6. The second-order valence-corrected chi connectivity index (χ2v) is 8.86. The van der Waals surface area contributed by atoms with Gasteiger partial charge < -0.3 is 15.0 Å². The van der Waals surface area contributed by atoms with Crippen LogP contribution in [-0.2, 0) is 16.8 Å². The predicted octanol–water partition coefficient (Wildman–Crippen LogP) is 4.31. The van der Waals surface area contributed by atoms with E-state index in [9.17, 15) is 9.59 Å². The molecule has 0 bridgehead atoms. The summed E-state index contributed by atoms with van der Waals surface area (Å²) in [5.41, 5.74) is 2.68. The quantitative estimate of drug-likeness (QED) is 0.775. The SMILES string of the molecule is CC(C)(C)c1ccccc1OCC(=O)NCc1ccc(C(=O)N2CCCCC2)cc1. The molecule has 160 valence electrons. The van der Waals surface area contributed by atoms with E-state index in [0.29, 0.717) is 12.1 Å². The third-order valence-corrected chi connectivity index (χ3v) is 5.39. The molecule has 0 atom stereocenters. The van der Waals surface area contributed by atoms with Gasteiger partial charge in [0.25, 0.3) is 11.8 Å². The van der Waals surface area contributed by atoms with Gasteiger partial charge in [0.15, 0.2) is 6.61 Å². The molecule has 1 aliphatic heterocycles. The van der Waals surface area contributed by atoms with Crippen LogP contribution in [-0.4, -0.2) is 36.4 Å². The van der Waals surface area contributed by atoms with E-state index >= 15 is 0 Å². The number of piperidine rings is 1. The first-order valence-electron chi connectivity index (χ1n) is 10.7. The number of para-hydroxylation sites is 1. The Hall–Kier alpha value is -2.82. The van der Waals surface area contributed by atoms with Crippen LogP contribution in [0.1, 0.15) is 61.5 Å². The number of carbonyl (C=O) groups excluding carboxylic acids is 2. The largest absolute Gasteiger partial charge is 0.483 e. The third-order valence-electron chi connectivity index (χ3n) is 5.39. The molecular weight excluding hydrogens is 376 g/mol. The highest BCUT2D eigenvalue weighted by atomic mass is 16.5. The van der Waals surface area contributed by atoms with Crippen LogP contribution in [0.2, 0.25) is 0 Å². The summed E-state index contributed by atoms with van der Waals surface area (Å²) in [7, 11) is 0. The molecule has 1 fully saturated rings. The van der Waals surface area contributed by atoms with Gasteiger partial charge in [-0.05, 0) is 54.0 Å². The molecule has 0 radical (unpaired) electrons. The van der Waals surface area contributed by atoms with Gasteiger partial charge in [-0.2, -0.15) is 0 Å². The van der Waals surface area contributed by atoms with Crippen molar-refractivity contribution in [1.82, 2.24) is 10.2 Å². The minimum absolute atomic E-state index is 0.0291. The maximum absolute atomic E-state index is 12.5. The molecule has 2 aromatic carbocycles. The van der Waals surface area contributed by atoms with E-state index in [1.807, 2.05) is 53.4 Å². The third kappa shape index (κ3) is 5.85. The molecule has 30 heavy (non-hydrogen) atoms. The topological polar surface area (TPSA) is 58.6 Å². The van der Waals surface area contributed by atoms with Crippen LogP contribution in [0.15, 0.2) is 48.5 Å². The Labute approximate surface area is 179 Å². The number of nitrogens with zero attached hydrogens (tertiary/aromatic N) is 1. The highest BCUT2D eigenvalue weighted by Gasteiger charge is 2.19. The minimum Gasteiger partial charge on any atom is -0.483 e. The Kier molecular flexibility index (Phi) is 7.14. The van der Waals surface area contributed by atoms with Crippen molar-refractivity contribution in [2.75, 3.05) is 19.7 Å². The first kappa shape index (κ1) is 21.9. The Morgan fingerprint density at radius 3 is 2.30 bits per heavy atom. The van der Waals surface area contributed by atoms with Crippen LogP contribution in [0.4, 0.5) is 0 Å². The fourth-order valence-corrected chi connectivity index (χ4v) is 3.65. The van der Waals surface area contributed by atoms with Crippen molar-refractivity contribution in [3.05, 3.63) is 65.2 Å². The average molecular weight is 409 g/mol. The zero-order valence-corrected chi connectivity index (χ0v) is 18.2. The van der Waals surface area contributed by atoms with E-state index in [0.717, 1.165) is 42.8 Å². The van der Waals surface area contributed by atoms with E-state index in [1.54, 1.807) is 0 Å². The first-order chi connectivity index (χ1) is 14.3. The first-order valence-corrected chi connectivity index (χ1v) is 10.7. The van der Waals surface area contributed by atoms with E-state index in [-0.39, 0.29) is 23.8 Å². The van der Waals surface area contributed by atoms with Crippen molar-refractivity contribution in [3.63, 3.8) is 0 Å². The molecule has 1 aliphatic rings. The Balaban J connectivity index is 1.49. The smallest absolute Gasteiger partial charge is 0.258 e. The zero-order chi connectivity index (χ0) is 21.6. The summed E-state index contributed by atoms with van der Waals surface area (Å²) in [5.74, 6) is 0.657. The number of amides is 2. The van der Waals surface area contributed by atoms with Crippen LogP contribution in [0.3, 0.4) is 0 Å². The Morgan fingerprint density at radius 2 is 1.63 bits per heavy atom. The van der Waals surface area contributed by atoms with Gasteiger partial charge in [-0.3, -0.25) is 9.59 Å². The highest BCUT2D eigenvalue weighted by Crippen LogP contribution is 2.30. The van der Waals surface area contributed by atoms with Crippen LogP contribution in [0, 0.1) is 0 Å². The summed E-state index contributed by atoms with van der Waals surface area (Å²) in [6, 6.07) is 15.3. The molecule has 0 aliphatic carbocycles. The number of hydrogen-bond acceptors (Lipinski definition) is 3. The van der Waals surface area contributed by atoms with Gasteiger partial charge in [0.2, 0.25) is 0 Å². The van der Waals surface area contributed by atoms with Gasteiger partial charge >= 0.3 is 0 Å². The second kappa shape index (κ2) is 9.79. The van der Waals surface area contributed by atoms with Crippen molar-refractivity contribution in [2.24, 2.45) is 0 Å². The van der Waals surface area contributed by atoms with E-state index in [4.69, 9.17) is 4.74 Å². The van der Waals surface area contributed by atoms with Gasteiger partial charge in [-0.25, -0.2) is 0 Å². The van der Waals surface area contributed by atoms with Crippen LogP contribution in [0.25, 0.3) is 0 Å². The molecule has 2 aromatic rings. The average Bonchev–Trinajstić information content (AvgIpc) is 2.76. The fraction of sp³-hybridized carbons (Fsp3) is 0.440. The van der Waals surface area contributed by atoms with Crippen molar-refractivity contribution in [2.45, 2.75) is 52.0 Å². The highest BCUT2D eigenvalue weighted by molar-refractivity contribution is 5.94. The molecule has 0 spiro atoms. The Bertz CT molecular complexity index is 863. The predicted molar refractivity (Wildman–Crippen MR) is 119 cm³/mol. The number of ether oxygens (including phenoxy) is 1. The monoisotopic (exact) mass is 408 g/mol. The summed E-state index contributed by atoms with van der Waals surface area (Å²) >= 11 is 0. The molecule has 0 unspecified atom stereocenters.